The number of anilines is 1. The van der Waals surface area contributed by atoms with E-state index in [0.29, 0.717) is 0 Å². The molecule has 20 heavy (non-hydrogen) atoms. The van der Waals surface area contributed by atoms with E-state index in [2.05, 4.69) is 27.9 Å². The summed E-state index contributed by atoms with van der Waals surface area (Å²) in [4.78, 5) is 22.8. The van der Waals surface area contributed by atoms with Crippen LogP contribution in [0.4, 0.5) is 5.69 Å². The van der Waals surface area contributed by atoms with Crippen LogP contribution in [0.15, 0.2) is 24.3 Å². The number of nitrogens with one attached hydrogen (secondary N) is 1. The van der Waals surface area contributed by atoms with Gasteiger partial charge >= 0.3 is 5.97 Å². The second-order valence-corrected chi connectivity index (χ2v) is 7.53. The SMILES string of the molecule is CC(C)(SCC(=O)Nc1ccccc1I)[C@@H](N)C(=O)O. The second-order valence-electron chi connectivity index (χ2n) is 4.74. The van der Waals surface area contributed by atoms with Crippen LogP contribution in [-0.4, -0.2) is 33.5 Å². The Morgan fingerprint density at radius 1 is 1.45 bits per heavy atom. The summed E-state index contributed by atoms with van der Waals surface area (Å²) in [5.74, 6) is -1.09. The van der Waals surface area contributed by atoms with Crippen molar-refractivity contribution in [1.82, 2.24) is 0 Å². The van der Waals surface area contributed by atoms with Crippen LogP contribution in [0.1, 0.15) is 13.8 Å². The molecule has 1 rings (SSSR count). The highest BCUT2D eigenvalue weighted by molar-refractivity contribution is 14.1. The number of halogens is 1. The molecule has 0 radical (unpaired) electrons. The Hall–Kier alpha value is -0.800. The van der Waals surface area contributed by atoms with Gasteiger partial charge in [0.25, 0.3) is 0 Å². The van der Waals surface area contributed by atoms with Crippen LogP contribution >= 0.6 is 34.4 Å². The normalized spacial score (nSPS) is 12.8. The van der Waals surface area contributed by atoms with Gasteiger partial charge in [0.15, 0.2) is 0 Å². The van der Waals surface area contributed by atoms with E-state index in [9.17, 15) is 9.59 Å². The molecule has 0 aliphatic carbocycles. The largest absolute Gasteiger partial charge is 0.480 e. The van der Waals surface area contributed by atoms with Crippen molar-refractivity contribution in [3.63, 3.8) is 0 Å². The molecule has 5 nitrogen and oxygen atoms in total. The van der Waals surface area contributed by atoms with Gasteiger partial charge in [-0.3, -0.25) is 9.59 Å². The summed E-state index contributed by atoms with van der Waals surface area (Å²) in [6, 6.07) is 6.43. The standard InChI is InChI=1S/C13H17IN2O3S/c1-13(2,11(15)12(18)19)20-7-10(17)16-9-6-4-3-5-8(9)14/h3-6,11H,7,15H2,1-2H3,(H,16,17)(H,18,19)/t11-/m0/s1. The maximum absolute atomic E-state index is 11.9. The van der Waals surface area contributed by atoms with Gasteiger partial charge in [0.1, 0.15) is 6.04 Å². The lowest BCUT2D eigenvalue weighted by Gasteiger charge is -2.27. The van der Waals surface area contributed by atoms with Gasteiger partial charge in [-0.05, 0) is 48.6 Å². The first kappa shape index (κ1) is 17.3. The Morgan fingerprint density at radius 3 is 2.60 bits per heavy atom. The van der Waals surface area contributed by atoms with E-state index in [4.69, 9.17) is 10.8 Å². The average molecular weight is 408 g/mol. The van der Waals surface area contributed by atoms with Gasteiger partial charge < -0.3 is 16.2 Å². The van der Waals surface area contributed by atoms with Crippen molar-refractivity contribution in [2.45, 2.75) is 24.6 Å². The van der Waals surface area contributed by atoms with Crippen molar-refractivity contribution >= 4 is 51.9 Å². The smallest absolute Gasteiger partial charge is 0.321 e. The third-order valence-corrected chi connectivity index (χ3v) is 5.08. The lowest BCUT2D eigenvalue weighted by atomic mass is 10.1. The third kappa shape index (κ3) is 4.95. The minimum atomic E-state index is -1.07. The lowest BCUT2D eigenvalue weighted by Crippen LogP contribution is -2.47. The van der Waals surface area contributed by atoms with Gasteiger partial charge in [-0.1, -0.05) is 12.1 Å². The molecule has 0 saturated carbocycles. The number of rotatable bonds is 6. The first-order chi connectivity index (χ1) is 9.24. The zero-order chi connectivity index (χ0) is 15.3. The average Bonchev–Trinajstić information content (AvgIpc) is 2.38. The molecule has 7 heteroatoms. The third-order valence-electron chi connectivity index (χ3n) is 2.74. The maximum atomic E-state index is 11.9. The van der Waals surface area contributed by atoms with Gasteiger partial charge in [0.05, 0.1) is 11.4 Å². The molecule has 0 bridgehead atoms. The molecule has 0 heterocycles. The molecule has 1 aromatic carbocycles. The van der Waals surface area contributed by atoms with Crippen LogP contribution < -0.4 is 11.1 Å². The number of carbonyl (C=O) groups is 2. The quantitative estimate of drug-likeness (QED) is 0.628. The number of hydrogen-bond acceptors (Lipinski definition) is 4. The molecule has 1 aromatic rings. The van der Waals surface area contributed by atoms with Crippen LogP contribution in [0.5, 0.6) is 0 Å². The molecule has 0 aromatic heterocycles. The monoisotopic (exact) mass is 408 g/mol. The minimum absolute atomic E-state index is 0.152. The molecule has 0 aliphatic rings. The highest BCUT2D eigenvalue weighted by Crippen LogP contribution is 2.27. The van der Waals surface area contributed by atoms with Crippen molar-refractivity contribution < 1.29 is 14.7 Å². The van der Waals surface area contributed by atoms with Crippen LogP contribution in [0.3, 0.4) is 0 Å². The zero-order valence-electron chi connectivity index (χ0n) is 11.2. The van der Waals surface area contributed by atoms with Crippen molar-refractivity contribution in [1.29, 1.82) is 0 Å². The number of thioether (sulfide) groups is 1. The fourth-order valence-electron chi connectivity index (χ4n) is 1.39. The lowest BCUT2D eigenvalue weighted by molar-refractivity contribution is -0.139. The van der Waals surface area contributed by atoms with Gasteiger partial charge in [-0.25, -0.2) is 0 Å². The number of carboxylic acid groups (broad SMARTS) is 1. The molecular formula is C13H17IN2O3S. The number of carbonyl (C=O) groups excluding carboxylic acids is 1. The molecule has 0 fully saturated rings. The Kier molecular flexibility index (Phi) is 6.28. The van der Waals surface area contributed by atoms with E-state index in [1.165, 1.54) is 11.8 Å². The van der Waals surface area contributed by atoms with E-state index in [-0.39, 0.29) is 11.7 Å². The van der Waals surface area contributed by atoms with Crippen LogP contribution in [0, 0.1) is 3.57 Å². The van der Waals surface area contributed by atoms with E-state index in [1.54, 1.807) is 13.8 Å². The Labute approximate surface area is 135 Å². The van der Waals surface area contributed by atoms with Gasteiger partial charge in [-0.2, -0.15) is 0 Å². The molecule has 0 unspecified atom stereocenters. The highest BCUT2D eigenvalue weighted by atomic mass is 127. The molecule has 110 valence electrons. The van der Waals surface area contributed by atoms with Crippen LogP contribution in [0.2, 0.25) is 0 Å². The molecule has 1 amide bonds. The maximum Gasteiger partial charge on any atom is 0.321 e. The Balaban J connectivity index is 2.56. The minimum Gasteiger partial charge on any atom is -0.480 e. The molecule has 4 N–H and O–H groups in total. The van der Waals surface area contributed by atoms with Gasteiger partial charge in [0, 0.05) is 8.32 Å². The fraction of sp³-hybridized carbons (Fsp3) is 0.385. The first-order valence-corrected chi connectivity index (χ1v) is 7.97. The van der Waals surface area contributed by atoms with Crippen molar-refractivity contribution in [2.24, 2.45) is 5.73 Å². The van der Waals surface area contributed by atoms with Crippen molar-refractivity contribution in [3.05, 3.63) is 27.8 Å². The predicted molar refractivity (Wildman–Crippen MR) is 89.9 cm³/mol. The van der Waals surface area contributed by atoms with E-state index >= 15 is 0 Å². The highest BCUT2D eigenvalue weighted by Gasteiger charge is 2.33. The predicted octanol–water partition coefficient (Wildman–Crippen LogP) is 2.15. The molecular weight excluding hydrogens is 391 g/mol. The molecule has 0 saturated heterocycles. The van der Waals surface area contributed by atoms with E-state index < -0.39 is 16.8 Å². The number of para-hydroxylation sites is 1. The Bertz CT molecular complexity index is 508. The number of amides is 1. The number of hydrogen-bond donors (Lipinski definition) is 3. The topological polar surface area (TPSA) is 92.4 Å². The summed E-state index contributed by atoms with van der Waals surface area (Å²) in [5, 5.41) is 11.7. The van der Waals surface area contributed by atoms with Gasteiger partial charge in [0.2, 0.25) is 5.91 Å². The molecule has 0 spiro atoms. The van der Waals surface area contributed by atoms with E-state index in [0.717, 1.165) is 9.26 Å². The van der Waals surface area contributed by atoms with Crippen LogP contribution in [-0.2, 0) is 9.59 Å². The second kappa shape index (κ2) is 7.28. The number of carboxylic acids is 1. The van der Waals surface area contributed by atoms with Crippen LogP contribution in [0.25, 0.3) is 0 Å². The summed E-state index contributed by atoms with van der Waals surface area (Å²) in [6.07, 6.45) is 0. The number of nitrogens with two attached hydrogens (primary N) is 1. The summed E-state index contributed by atoms with van der Waals surface area (Å²) in [5.41, 5.74) is 6.35. The van der Waals surface area contributed by atoms with Crippen molar-refractivity contribution in [3.8, 4) is 0 Å². The molecule has 1 atom stereocenters. The zero-order valence-corrected chi connectivity index (χ0v) is 14.2. The first-order valence-electron chi connectivity index (χ1n) is 5.91. The van der Waals surface area contributed by atoms with Gasteiger partial charge in [-0.15, -0.1) is 11.8 Å². The summed E-state index contributed by atoms with van der Waals surface area (Å²) in [7, 11) is 0. The molecule has 0 aliphatic heterocycles. The summed E-state index contributed by atoms with van der Waals surface area (Å²) < 4.78 is 0.234. The summed E-state index contributed by atoms with van der Waals surface area (Å²) in [6.45, 7) is 3.44. The fourth-order valence-corrected chi connectivity index (χ4v) is 2.77. The Morgan fingerprint density at radius 2 is 2.05 bits per heavy atom. The number of benzene rings is 1. The summed E-state index contributed by atoms with van der Waals surface area (Å²) >= 11 is 3.37. The van der Waals surface area contributed by atoms with Crippen molar-refractivity contribution in [2.75, 3.05) is 11.1 Å². The van der Waals surface area contributed by atoms with E-state index in [1.807, 2.05) is 24.3 Å². The number of aliphatic carboxylic acids is 1.